The van der Waals surface area contributed by atoms with Crippen LogP contribution in [0.5, 0.6) is 0 Å². The van der Waals surface area contributed by atoms with Gasteiger partial charge in [0, 0.05) is 24.4 Å². The average molecular weight is 341 g/mol. The Hall–Kier alpha value is -1.35. The van der Waals surface area contributed by atoms with Crippen LogP contribution >= 0.6 is 0 Å². The minimum absolute atomic E-state index is 0.0623. The van der Waals surface area contributed by atoms with Crippen LogP contribution in [0.3, 0.4) is 0 Å². The van der Waals surface area contributed by atoms with Crippen LogP contribution in [0.1, 0.15) is 75.8 Å². The Morgan fingerprint density at radius 1 is 1.24 bits per heavy atom. The first-order chi connectivity index (χ1) is 11.8. The molecule has 1 amide bonds. The van der Waals surface area contributed by atoms with Crippen LogP contribution in [0.2, 0.25) is 0 Å². The Labute approximate surface area is 151 Å². The van der Waals surface area contributed by atoms with Crippen LogP contribution in [0.4, 0.5) is 0 Å². The van der Waals surface area contributed by atoms with Gasteiger partial charge in [0.1, 0.15) is 0 Å². The van der Waals surface area contributed by atoms with Gasteiger partial charge in [-0.1, -0.05) is 38.1 Å². The zero-order valence-corrected chi connectivity index (χ0v) is 15.8. The van der Waals surface area contributed by atoms with Crippen molar-refractivity contribution >= 4 is 5.91 Å². The van der Waals surface area contributed by atoms with Gasteiger partial charge in [-0.3, -0.25) is 4.79 Å². The monoisotopic (exact) mass is 341 g/mol. The lowest BCUT2D eigenvalue weighted by Crippen LogP contribution is -2.61. The van der Waals surface area contributed by atoms with Crippen LogP contribution in [0, 0.1) is 11.3 Å². The average Bonchev–Trinajstić information content (AvgIpc) is 2.96. The second kappa shape index (κ2) is 5.84. The van der Waals surface area contributed by atoms with E-state index in [0.29, 0.717) is 30.1 Å². The lowest BCUT2D eigenvalue weighted by molar-refractivity contribution is -0.161. The molecule has 3 heteroatoms. The molecule has 1 aromatic rings. The van der Waals surface area contributed by atoms with Crippen LogP contribution in [-0.2, 0) is 4.79 Å². The quantitative estimate of drug-likeness (QED) is 0.900. The maximum atomic E-state index is 12.5. The molecule has 4 rings (SSSR count). The molecule has 136 valence electrons. The third-order valence-electron chi connectivity index (χ3n) is 6.84. The Balaban J connectivity index is 1.35. The normalized spacial score (nSPS) is 33.4. The number of hydrogen-bond donors (Lipinski definition) is 1. The van der Waals surface area contributed by atoms with Crippen LogP contribution in [-0.4, -0.2) is 34.6 Å². The fourth-order valence-corrected chi connectivity index (χ4v) is 5.30. The lowest BCUT2D eigenvalue weighted by atomic mass is 9.69. The fourth-order valence-electron chi connectivity index (χ4n) is 5.30. The number of hydrogen-bond acceptors (Lipinski definition) is 2. The summed E-state index contributed by atoms with van der Waals surface area (Å²) in [6.07, 6.45) is 5.00. The number of amides is 1. The van der Waals surface area contributed by atoms with Crippen molar-refractivity contribution in [2.45, 2.75) is 70.3 Å². The van der Waals surface area contributed by atoms with Gasteiger partial charge in [0.25, 0.3) is 0 Å². The third kappa shape index (κ3) is 3.12. The van der Waals surface area contributed by atoms with Crippen molar-refractivity contribution in [1.29, 1.82) is 0 Å². The molecule has 0 aromatic heterocycles. The zero-order valence-electron chi connectivity index (χ0n) is 15.8. The summed E-state index contributed by atoms with van der Waals surface area (Å²) >= 11 is 0. The second-order valence-corrected chi connectivity index (χ2v) is 9.56. The molecule has 1 heterocycles. The van der Waals surface area contributed by atoms with E-state index < -0.39 is 5.60 Å². The van der Waals surface area contributed by atoms with Crippen molar-refractivity contribution in [3.05, 3.63) is 35.4 Å². The Bertz CT molecular complexity index is 664. The van der Waals surface area contributed by atoms with Crippen LogP contribution in [0.25, 0.3) is 0 Å². The van der Waals surface area contributed by atoms with Gasteiger partial charge in [0.2, 0.25) is 5.91 Å². The van der Waals surface area contributed by atoms with E-state index in [2.05, 4.69) is 38.1 Å². The van der Waals surface area contributed by atoms with Gasteiger partial charge in [-0.15, -0.1) is 0 Å². The highest BCUT2D eigenvalue weighted by Crippen LogP contribution is 2.53. The summed E-state index contributed by atoms with van der Waals surface area (Å²) in [5.74, 6) is 1.57. The predicted octanol–water partition coefficient (Wildman–Crippen LogP) is 4.07. The van der Waals surface area contributed by atoms with E-state index in [9.17, 15) is 9.90 Å². The van der Waals surface area contributed by atoms with Crippen LogP contribution in [0.15, 0.2) is 24.3 Å². The van der Waals surface area contributed by atoms with Gasteiger partial charge in [-0.25, -0.2) is 0 Å². The Morgan fingerprint density at radius 3 is 2.60 bits per heavy atom. The minimum atomic E-state index is -0.608. The van der Waals surface area contributed by atoms with E-state index in [1.165, 1.54) is 30.4 Å². The fraction of sp³-hybridized carbons (Fsp3) is 0.682. The number of nitrogens with zero attached hydrogens (tertiary/aromatic N) is 1. The maximum absolute atomic E-state index is 12.5. The van der Waals surface area contributed by atoms with Gasteiger partial charge in [0.05, 0.1) is 5.60 Å². The third-order valence-corrected chi connectivity index (χ3v) is 6.84. The summed E-state index contributed by atoms with van der Waals surface area (Å²) in [6.45, 7) is 8.21. The lowest BCUT2D eigenvalue weighted by Gasteiger charge is -2.52. The maximum Gasteiger partial charge on any atom is 0.225 e. The number of likely N-dealkylation sites (tertiary alicyclic amines) is 1. The molecule has 0 bridgehead atoms. The highest BCUT2D eigenvalue weighted by molar-refractivity contribution is 5.81. The molecular formula is C22H31NO2. The van der Waals surface area contributed by atoms with Gasteiger partial charge >= 0.3 is 0 Å². The van der Waals surface area contributed by atoms with Gasteiger partial charge in [0.15, 0.2) is 0 Å². The molecule has 3 aliphatic rings. The summed E-state index contributed by atoms with van der Waals surface area (Å²) in [6, 6.07) is 9.12. The topological polar surface area (TPSA) is 40.5 Å². The Morgan fingerprint density at radius 2 is 1.96 bits per heavy atom. The number of benzene rings is 1. The first-order valence-electron chi connectivity index (χ1n) is 9.88. The van der Waals surface area contributed by atoms with E-state index >= 15 is 0 Å². The van der Waals surface area contributed by atoms with E-state index in [1.807, 2.05) is 11.8 Å². The molecule has 3 fully saturated rings. The molecule has 0 radical (unpaired) electrons. The van der Waals surface area contributed by atoms with Gasteiger partial charge in [-0.2, -0.15) is 0 Å². The molecule has 1 saturated heterocycles. The van der Waals surface area contributed by atoms with Crippen molar-refractivity contribution in [2.75, 3.05) is 13.1 Å². The van der Waals surface area contributed by atoms with E-state index in [4.69, 9.17) is 0 Å². The highest BCUT2D eigenvalue weighted by Gasteiger charge is 2.53. The van der Waals surface area contributed by atoms with E-state index in [-0.39, 0.29) is 11.8 Å². The second-order valence-electron chi connectivity index (χ2n) is 9.56. The van der Waals surface area contributed by atoms with Crippen molar-refractivity contribution in [3.8, 4) is 0 Å². The van der Waals surface area contributed by atoms with E-state index in [0.717, 1.165) is 13.1 Å². The van der Waals surface area contributed by atoms with Crippen LogP contribution < -0.4 is 0 Å². The predicted molar refractivity (Wildman–Crippen MR) is 99.5 cm³/mol. The van der Waals surface area contributed by atoms with Crippen molar-refractivity contribution in [2.24, 2.45) is 11.3 Å². The molecule has 2 aliphatic carbocycles. The molecule has 1 N–H and O–H groups in total. The molecule has 1 atom stereocenters. The summed E-state index contributed by atoms with van der Waals surface area (Å²) in [5.41, 5.74) is 2.67. The molecule has 1 aliphatic heterocycles. The summed E-state index contributed by atoms with van der Waals surface area (Å²) < 4.78 is 0. The molecule has 1 aromatic carbocycles. The van der Waals surface area contributed by atoms with Gasteiger partial charge < -0.3 is 10.0 Å². The number of rotatable bonds is 3. The number of aliphatic hydroxyl groups is 1. The number of carbonyl (C=O) groups is 1. The van der Waals surface area contributed by atoms with E-state index in [1.54, 1.807) is 0 Å². The summed E-state index contributed by atoms with van der Waals surface area (Å²) in [5, 5.41) is 9.86. The molecule has 1 spiro atoms. The molecule has 3 nitrogen and oxygen atoms in total. The number of carbonyl (C=O) groups excluding carboxylic acids is 1. The summed E-state index contributed by atoms with van der Waals surface area (Å²) in [4.78, 5) is 14.6. The first kappa shape index (κ1) is 17.1. The Kier molecular flexibility index (Phi) is 3.99. The zero-order chi connectivity index (χ0) is 17.8. The minimum Gasteiger partial charge on any atom is -0.390 e. The molecule has 0 unspecified atom stereocenters. The smallest absolute Gasteiger partial charge is 0.225 e. The standard InChI is InChI=1S/C22H31NO2/c1-15(2)16-5-4-6-17(9-16)18-7-8-22(12-18)13-23(14-22)20(24)19-10-21(3,25)11-19/h4-6,9,15,18-19,25H,7-8,10-14H2,1-3H3/t18-,19?,21?/m0/s1. The molecule has 2 saturated carbocycles. The molecule has 25 heavy (non-hydrogen) atoms. The molecular weight excluding hydrogens is 310 g/mol. The summed E-state index contributed by atoms with van der Waals surface area (Å²) in [7, 11) is 0. The highest BCUT2D eigenvalue weighted by atomic mass is 16.3. The van der Waals surface area contributed by atoms with Crippen molar-refractivity contribution in [3.63, 3.8) is 0 Å². The van der Waals surface area contributed by atoms with Gasteiger partial charge in [-0.05, 0) is 62.0 Å². The van der Waals surface area contributed by atoms with Crippen molar-refractivity contribution < 1.29 is 9.90 Å². The SMILES string of the molecule is CC(C)c1cccc([C@H]2CCC3(C2)CN(C(=O)C2CC(C)(O)C2)C3)c1. The first-order valence-corrected chi connectivity index (χ1v) is 9.88. The largest absolute Gasteiger partial charge is 0.390 e. The van der Waals surface area contributed by atoms with Crippen molar-refractivity contribution in [1.82, 2.24) is 4.90 Å².